The zero-order chi connectivity index (χ0) is 22.3. The SMILES string of the molecule is COc1ccc(S(=O)(=O)Nc2cc(C)nn2-c2cc(C)c3cc(C)cc(C)c3n2)cc1. The molecule has 1 N–H and O–H groups in total. The fraction of sp³-hybridized carbons (Fsp3) is 0.217. The molecule has 0 fully saturated rings. The Labute approximate surface area is 181 Å². The molecule has 0 saturated carbocycles. The van der Waals surface area contributed by atoms with Gasteiger partial charge in [-0.2, -0.15) is 9.78 Å². The molecule has 4 rings (SSSR count). The molecule has 31 heavy (non-hydrogen) atoms. The highest BCUT2D eigenvalue weighted by Crippen LogP contribution is 2.27. The summed E-state index contributed by atoms with van der Waals surface area (Å²) in [6.45, 7) is 7.91. The van der Waals surface area contributed by atoms with Crippen molar-refractivity contribution in [2.45, 2.75) is 32.6 Å². The van der Waals surface area contributed by atoms with Crippen LogP contribution in [0.1, 0.15) is 22.4 Å². The molecular formula is C23H24N4O3S. The first-order valence-corrected chi connectivity index (χ1v) is 11.3. The molecule has 0 radical (unpaired) electrons. The molecule has 160 valence electrons. The van der Waals surface area contributed by atoms with Crippen LogP contribution in [-0.2, 0) is 10.0 Å². The Morgan fingerprint density at radius 1 is 0.935 bits per heavy atom. The third kappa shape index (κ3) is 3.98. The Bertz CT molecular complexity index is 1390. The number of hydrogen-bond donors (Lipinski definition) is 1. The van der Waals surface area contributed by atoms with Gasteiger partial charge in [0, 0.05) is 11.5 Å². The number of hydrogen-bond acceptors (Lipinski definition) is 5. The molecule has 8 heteroatoms. The second-order valence-corrected chi connectivity index (χ2v) is 9.32. The van der Waals surface area contributed by atoms with Gasteiger partial charge in [-0.15, -0.1) is 0 Å². The molecule has 0 spiro atoms. The number of benzene rings is 2. The van der Waals surface area contributed by atoms with Crippen molar-refractivity contribution in [3.05, 3.63) is 70.9 Å². The average Bonchev–Trinajstić information content (AvgIpc) is 3.08. The lowest BCUT2D eigenvalue weighted by Crippen LogP contribution is -2.16. The maximum atomic E-state index is 13.0. The summed E-state index contributed by atoms with van der Waals surface area (Å²) in [5, 5.41) is 5.56. The first kappa shape index (κ1) is 20.9. The maximum absolute atomic E-state index is 13.0. The number of nitrogens with one attached hydrogen (secondary N) is 1. The summed E-state index contributed by atoms with van der Waals surface area (Å²) in [4.78, 5) is 4.93. The van der Waals surface area contributed by atoms with Gasteiger partial charge in [0.1, 0.15) is 11.6 Å². The van der Waals surface area contributed by atoms with E-state index in [1.54, 1.807) is 18.2 Å². The van der Waals surface area contributed by atoms with Crippen LogP contribution in [0.3, 0.4) is 0 Å². The first-order valence-electron chi connectivity index (χ1n) is 9.80. The summed E-state index contributed by atoms with van der Waals surface area (Å²) in [5.41, 5.74) is 4.82. The Balaban J connectivity index is 1.79. The molecule has 0 aliphatic carbocycles. The number of ether oxygens (including phenoxy) is 1. The van der Waals surface area contributed by atoms with Crippen molar-refractivity contribution < 1.29 is 13.2 Å². The first-order chi connectivity index (χ1) is 14.7. The van der Waals surface area contributed by atoms with Gasteiger partial charge in [0.05, 0.1) is 23.2 Å². The van der Waals surface area contributed by atoms with Crippen LogP contribution >= 0.6 is 0 Å². The molecule has 0 bridgehead atoms. The quantitative estimate of drug-likeness (QED) is 0.499. The molecule has 4 aromatic rings. The number of rotatable bonds is 5. The van der Waals surface area contributed by atoms with Crippen LogP contribution in [0.4, 0.5) is 5.82 Å². The predicted molar refractivity (Wildman–Crippen MR) is 122 cm³/mol. The summed E-state index contributed by atoms with van der Waals surface area (Å²) in [6.07, 6.45) is 0. The number of nitrogens with zero attached hydrogens (tertiary/aromatic N) is 3. The zero-order valence-corrected chi connectivity index (χ0v) is 18.9. The van der Waals surface area contributed by atoms with Gasteiger partial charge in [-0.1, -0.05) is 11.6 Å². The number of methoxy groups -OCH3 is 1. The summed E-state index contributed by atoms with van der Waals surface area (Å²) in [5.74, 6) is 1.46. The van der Waals surface area contributed by atoms with E-state index in [4.69, 9.17) is 9.72 Å². The summed E-state index contributed by atoms with van der Waals surface area (Å²) in [7, 11) is -2.28. The Kier molecular flexibility index (Phi) is 5.18. The molecule has 0 unspecified atom stereocenters. The Morgan fingerprint density at radius 2 is 1.65 bits per heavy atom. The van der Waals surface area contributed by atoms with Gasteiger partial charge in [-0.3, -0.25) is 4.72 Å². The van der Waals surface area contributed by atoms with Gasteiger partial charge in [0.25, 0.3) is 10.0 Å². The Hall–Kier alpha value is -3.39. The highest BCUT2D eigenvalue weighted by atomic mass is 32.2. The van der Waals surface area contributed by atoms with E-state index in [1.165, 1.54) is 29.5 Å². The topological polar surface area (TPSA) is 86.1 Å². The van der Waals surface area contributed by atoms with Gasteiger partial charge in [0.2, 0.25) is 0 Å². The van der Waals surface area contributed by atoms with Crippen LogP contribution in [-0.4, -0.2) is 30.3 Å². The van der Waals surface area contributed by atoms with Crippen molar-refractivity contribution >= 4 is 26.7 Å². The van der Waals surface area contributed by atoms with E-state index in [1.807, 2.05) is 26.8 Å². The lowest BCUT2D eigenvalue weighted by molar-refractivity contribution is 0.414. The second-order valence-electron chi connectivity index (χ2n) is 7.64. The summed E-state index contributed by atoms with van der Waals surface area (Å²) < 4.78 is 35.2. The lowest BCUT2D eigenvalue weighted by atomic mass is 10.0. The number of fused-ring (bicyclic) bond motifs is 1. The molecule has 0 atom stereocenters. The van der Waals surface area contributed by atoms with Crippen LogP contribution < -0.4 is 9.46 Å². The van der Waals surface area contributed by atoms with Crippen LogP contribution in [0.15, 0.2) is 53.4 Å². The van der Waals surface area contributed by atoms with Gasteiger partial charge in [0.15, 0.2) is 5.82 Å². The fourth-order valence-corrected chi connectivity index (χ4v) is 4.67. The second kappa shape index (κ2) is 7.70. The van der Waals surface area contributed by atoms with Crippen molar-refractivity contribution in [1.29, 1.82) is 0 Å². The molecule has 7 nitrogen and oxygen atoms in total. The highest BCUT2D eigenvalue weighted by molar-refractivity contribution is 7.92. The van der Waals surface area contributed by atoms with Crippen LogP contribution in [0.25, 0.3) is 16.7 Å². The van der Waals surface area contributed by atoms with Gasteiger partial charge in [-0.05, 0) is 75.2 Å². The van der Waals surface area contributed by atoms with E-state index in [2.05, 4.69) is 28.9 Å². The third-order valence-corrected chi connectivity index (χ3v) is 6.47. The normalized spacial score (nSPS) is 11.6. The van der Waals surface area contributed by atoms with Crippen LogP contribution in [0.2, 0.25) is 0 Å². The fourth-order valence-electron chi connectivity index (χ4n) is 3.63. The van der Waals surface area contributed by atoms with Crippen molar-refractivity contribution in [2.75, 3.05) is 11.8 Å². The molecule has 2 aromatic carbocycles. The van der Waals surface area contributed by atoms with Gasteiger partial charge >= 0.3 is 0 Å². The van der Waals surface area contributed by atoms with Gasteiger partial charge < -0.3 is 4.74 Å². The minimum Gasteiger partial charge on any atom is -0.497 e. The maximum Gasteiger partial charge on any atom is 0.263 e. The summed E-state index contributed by atoms with van der Waals surface area (Å²) >= 11 is 0. The largest absolute Gasteiger partial charge is 0.497 e. The molecule has 0 aliphatic heterocycles. The molecule has 0 saturated heterocycles. The molecule has 2 aromatic heterocycles. The highest BCUT2D eigenvalue weighted by Gasteiger charge is 2.19. The third-order valence-electron chi connectivity index (χ3n) is 5.10. The molecule has 0 amide bonds. The lowest BCUT2D eigenvalue weighted by Gasteiger charge is -2.13. The van der Waals surface area contributed by atoms with Crippen molar-refractivity contribution in [3.63, 3.8) is 0 Å². The Morgan fingerprint density at radius 3 is 2.32 bits per heavy atom. The molecule has 0 aliphatic rings. The van der Waals surface area contributed by atoms with E-state index in [0.29, 0.717) is 23.1 Å². The van der Waals surface area contributed by atoms with Gasteiger partial charge in [-0.25, -0.2) is 13.4 Å². The van der Waals surface area contributed by atoms with Crippen LogP contribution in [0, 0.1) is 27.7 Å². The number of sulfonamides is 1. The standard InChI is InChI=1S/C23H24N4O3S/c1-14-10-16(3)23-20(11-14)15(2)12-21(24-23)27-22(13-17(4)25-27)26-31(28,29)19-8-6-18(30-5)7-9-19/h6-13,26H,1-5H3. The smallest absolute Gasteiger partial charge is 0.263 e. The minimum atomic E-state index is -3.82. The van der Waals surface area contributed by atoms with Crippen molar-refractivity contribution in [1.82, 2.24) is 14.8 Å². The van der Waals surface area contributed by atoms with E-state index in [9.17, 15) is 8.42 Å². The van der Waals surface area contributed by atoms with Crippen LogP contribution in [0.5, 0.6) is 5.75 Å². The average molecular weight is 437 g/mol. The monoisotopic (exact) mass is 436 g/mol. The van der Waals surface area contributed by atoms with Crippen molar-refractivity contribution in [3.8, 4) is 11.6 Å². The number of anilines is 1. The van der Waals surface area contributed by atoms with Crippen molar-refractivity contribution in [2.24, 2.45) is 0 Å². The van der Waals surface area contributed by atoms with E-state index in [-0.39, 0.29) is 4.90 Å². The predicted octanol–water partition coefficient (Wildman–Crippen LogP) is 4.46. The number of pyridine rings is 1. The van der Waals surface area contributed by atoms with E-state index < -0.39 is 10.0 Å². The minimum absolute atomic E-state index is 0.132. The number of aromatic nitrogens is 3. The van der Waals surface area contributed by atoms with E-state index in [0.717, 1.165) is 22.0 Å². The number of aryl methyl sites for hydroxylation is 4. The zero-order valence-electron chi connectivity index (χ0n) is 18.1. The molecular weight excluding hydrogens is 412 g/mol. The summed E-state index contributed by atoms with van der Waals surface area (Å²) in [6, 6.07) is 14.0. The molecule has 2 heterocycles. The van der Waals surface area contributed by atoms with E-state index >= 15 is 0 Å².